The molecule has 0 bridgehead atoms. The molecule has 0 aliphatic heterocycles. The summed E-state index contributed by atoms with van der Waals surface area (Å²) in [6.45, 7) is 5.02. The van der Waals surface area contributed by atoms with Gasteiger partial charge in [-0.05, 0) is 13.3 Å². The quantitative estimate of drug-likeness (QED) is 0.915. The lowest BCUT2D eigenvalue weighted by atomic mass is 10.3. The molecule has 0 amide bonds. The van der Waals surface area contributed by atoms with Crippen LogP contribution in [0.15, 0.2) is 12.5 Å². The zero-order chi connectivity index (χ0) is 13.0. The monoisotopic (exact) mass is 282 g/mol. The van der Waals surface area contributed by atoms with Crippen LogP contribution in [-0.4, -0.2) is 21.5 Å². The van der Waals surface area contributed by atoms with Gasteiger partial charge in [-0.15, -0.1) is 11.3 Å². The zero-order valence-corrected chi connectivity index (χ0v) is 12.0. The number of rotatable bonds is 5. The van der Waals surface area contributed by atoms with Gasteiger partial charge in [0.05, 0.1) is 16.9 Å². The Labute approximate surface area is 115 Å². The van der Waals surface area contributed by atoms with E-state index in [0.29, 0.717) is 10.8 Å². The predicted octanol–water partition coefficient (Wildman–Crippen LogP) is 3.11. The van der Waals surface area contributed by atoms with Gasteiger partial charge < -0.3 is 5.32 Å². The van der Waals surface area contributed by atoms with E-state index in [9.17, 15) is 0 Å². The number of aryl methyl sites for hydroxylation is 2. The van der Waals surface area contributed by atoms with E-state index >= 15 is 0 Å². The van der Waals surface area contributed by atoms with E-state index in [1.54, 1.807) is 17.5 Å². The molecule has 0 spiro atoms. The second-order valence-corrected chi connectivity index (χ2v) is 5.56. The fourth-order valence-corrected chi connectivity index (χ4v) is 2.85. The Kier molecular flexibility index (Phi) is 4.49. The van der Waals surface area contributed by atoms with Crippen LogP contribution in [0.1, 0.15) is 22.5 Å². The van der Waals surface area contributed by atoms with Crippen molar-refractivity contribution in [2.75, 3.05) is 11.9 Å². The lowest BCUT2D eigenvalue weighted by Gasteiger charge is -2.04. The molecule has 0 atom stereocenters. The lowest BCUT2D eigenvalue weighted by Crippen LogP contribution is -2.06. The summed E-state index contributed by atoms with van der Waals surface area (Å²) in [6.07, 6.45) is 4.94. The van der Waals surface area contributed by atoms with Crippen molar-refractivity contribution in [1.29, 1.82) is 0 Å². The van der Waals surface area contributed by atoms with Crippen molar-refractivity contribution in [1.82, 2.24) is 15.0 Å². The summed E-state index contributed by atoms with van der Waals surface area (Å²) in [5.41, 5.74) is 1.20. The van der Waals surface area contributed by atoms with E-state index in [0.717, 1.165) is 24.4 Å². The van der Waals surface area contributed by atoms with Gasteiger partial charge in [0.2, 0.25) is 0 Å². The third-order valence-electron chi connectivity index (χ3n) is 2.57. The molecule has 6 heteroatoms. The Morgan fingerprint density at radius 2 is 2.28 bits per heavy atom. The highest BCUT2D eigenvalue weighted by molar-refractivity contribution is 7.11. The van der Waals surface area contributed by atoms with Crippen LogP contribution < -0.4 is 5.32 Å². The summed E-state index contributed by atoms with van der Waals surface area (Å²) in [5.74, 6) is 0.677. The largest absolute Gasteiger partial charge is 0.368 e. The fraction of sp³-hybridized carbons (Fsp3) is 0.417. The molecule has 1 N–H and O–H groups in total. The van der Waals surface area contributed by atoms with Crippen LogP contribution in [0.25, 0.3) is 0 Å². The topological polar surface area (TPSA) is 50.7 Å². The first-order valence-electron chi connectivity index (χ1n) is 5.85. The van der Waals surface area contributed by atoms with E-state index in [1.165, 1.54) is 16.9 Å². The van der Waals surface area contributed by atoms with Crippen molar-refractivity contribution in [3.05, 3.63) is 33.1 Å². The SMILES string of the molecule is CCc1nc(CCNc2ncncc2Cl)sc1C. The minimum absolute atomic E-state index is 0.544. The van der Waals surface area contributed by atoms with Gasteiger partial charge in [0, 0.05) is 17.8 Å². The molecule has 0 radical (unpaired) electrons. The molecular formula is C12H15ClN4S. The highest BCUT2D eigenvalue weighted by atomic mass is 35.5. The van der Waals surface area contributed by atoms with Crippen LogP contribution in [0.2, 0.25) is 5.02 Å². The molecule has 0 aliphatic rings. The van der Waals surface area contributed by atoms with Crippen molar-refractivity contribution in [2.45, 2.75) is 26.7 Å². The third-order valence-corrected chi connectivity index (χ3v) is 3.92. The highest BCUT2D eigenvalue weighted by Crippen LogP contribution is 2.19. The zero-order valence-electron chi connectivity index (χ0n) is 10.4. The molecule has 0 fully saturated rings. The standard InChI is InChI=1S/C12H15ClN4S/c1-3-10-8(2)18-11(17-10)4-5-15-12-9(13)6-14-7-16-12/h6-7H,3-5H2,1-2H3,(H,14,15,16). The molecule has 2 aromatic heterocycles. The van der Waals surface area contributed by atoms with Crippen molar-refractivity contribution < 1.29 is 0 Å². The molecule has 4 nitrogen and oxygen atoms in total. The molecule has 18 heavy (non-hydrogen) atoms. The van der Waals surface area contributed by atoms with Crippen LogP contribution in [-0.2, 0) is 12.8 Å². The first-order chi connectivity index (χ1) is 8.70. The summed E-state index contributed by atoms with van der Waals surface area (Å²) in [7, 11) is 0. The van der Waals surface area contributed by atoms with Gasteiger partial charge in [-0.25, -0.2) is 15.0 Å². The number of anilines is 1. The van der Waals surface area contributed by atoms with Crippen molar-refractivity contribution >= 4 is 28.8 Å². The number of nitrogens with zero attached hydrogens (tertiary/aromatic N) is 3. The molecule has 2 heterocycles. The number of aromatic nitrogens is 3. The Morgan fingerprint density at radius 3 is 2.94 bits per heavy atom. The maximum absolute atomic E-state index is 5.96. The second kappa shape index (κ2) is 6.11. The van der Waals surface area contributed by atoms with Crippen molar-refractivity contribution in [3.63, 3.8) is 0 Å². The van der Waals surface area contributed by atoms with E-state index in [-0.39, 0.29) is 0 Å². The van der Waals surface area contributed by atoms with Crippen LogP contribution in [0.3, 0.4) is 0 Å². The molecule has 2 aromatic rings. The molecule has 0 unspecified atom stereocenters. The van der Waals surface area contributed by atoms with Crippen LogP contribution in [0.5, 0.6) is 0 Å². The summed E-state index contributed by atoms with van der Waals surface area (Å²) >= 11 is 7.72. The first kappa shape index (κ1) is 13.2. The Hall–Kier alpha value is -1.20. The van der Waals surface area contributed by atoms with Gasteiger partial charge in [0.25, 0.3) is 0 Å². The second-order valence-electron chi connectivity index (χ2n) is 3.86. The summed E-state index contributed by atoms with van der Waals surface area (Å²) in [6, 6.07) is 0. The third kappa shape index (κ3) is 3.17. The summed E-state index contributed by atoms with van der Waals surface area (Å²) in [4.78, 5) is 13.8. The maximum atomic E-state index is 5.96. The number of halogens is 1. The molecule has 0 saturated carbocycles. The molecule has 0 aromatic carbocycles. The first-order valence-corrected chi connectivity index (χ1v) is 7.04. The van der Waals surface area contributed by atoms with Crippen molar-refractivity contribution in [3.8, 4) is 0 Å². The van der Waals surface area contributed by atoms with E-state index < -0.39 is 0 Å². The van der Waals surface area contributed by atoms with Gasteiger partial charge in [0.15, 0.2) is 0 Å². The van der Waals surface area contributed by atoms with Gasteiger partial charge in [-0.2, -0.15) is 0 Å². The Balaban J connectivity index is 1.90. The van der Waals surface area contributed by atoms with Gasteiger partial charge in [-0.3, -0.25) is 0 Å². The van der Waals surface area contributed by atoms with E-state index in [2.05, 4.69) is 34.1 Å². The van der Waals surface area contributed by atoms with Crippen LogP contribution in [0.4, 0.5) is 5.82 Å². The Morgan fingerprint density at radius 1 is 1.44 bits per heavy atom. The average molecular weight is 283 g/mol. The normalized spacial score (nSPS) is 10.6. The number of hydrogen-bond donors (Lipinski definition) is 1. The lowest BCUT2D eigenvalue weighted by molar-refractivity contribution is 0.949. The molecule has 96 valence electrons. The Bertz CT molecular complexity index is 527. The van der Waals surface area contributed by atoms with E-state index in [4.69, 9.17) is 11.6 Å². The molecule has 2 rings (SSSR count). The highest BCUT2D eigenvalue weighted by Gasteiger charge is 2.06. The average Bonchev–Trinajstić information content (AvgIpc) is 2.72. The fourth-order valence-electron chi connectivity index (χ4n) is 1.65. The molecule has 0 saturated heterocycles. The summed E-state index contributed by atoms with van der Waals surface area (Å²) in [5, 5.41) is 4.89. The minimum atomic E-state index is 0.544. The van der Waals surface area contributed by atoms with Crippen LogP contribution in [0, 0.1) is 6.92 Å². The van der Waals surface area contributed by atoms with Gasteiger partial charge in [0.1, 0.15) is 17.2 Å². The predicted molar refractivity (Wildman–Crippen MR) is 75.5 cm³/mol. The van der Waals surface area contributed by atoms with Gasteiger partial charge >= 0.3 is 0 Å². The number of nitrogens with one attached hydrogen (secondary N) is 1. The molecule has 0 aliphatic carbocycles. The van der Waals surface area contributed by atoms with Crippen LogP contribution >= 0.6 is 22.9 Å². The van der Waals surface area contributed by atoms with Crippen molar-refractivity contribution in [2.24, 2.45) is 0 Å². The smallest absolute Gasteiger partial charge is 0.148 e. The summed E-state index contributed by atoms with van der Waals surface area (Å²) < 4.78 is 0. The number of thiazole rings is 1. The minimum Gasteiger partial charge on any atom is -0.368 e. The maximum Gasteiger partial charge on any atom is 0.148 e. The van der Waals surface area contributed by atoms with Gasteiger partial charge in [-0.1, -0.05) is 18.5 Å². The number of hydrogen-bond acceptors (Lipinski definition) is 5. The molecular weight excluding hydrogens is 268 g/mol. The van der Waals surface area contributed by atoms with E-state index in [1.807, 2.05) is 0 Å².